The van der Waals surface area contributed by atoms with E-state index >= 15 is 0 Å². The molecule has 1 aromatic carbocycles. The molecule has 0 aliphatic carbocycles. The average Bonchev–Trinajstić information content (AvgIpc) is 3.48. The fraction of sp³-hybridized carbons (Fsp3) is 0.577. The molecule has 3 fully saturated rings. The molecule has 0 aromatic heterocycles. The van der Waals surface area contributed by atoms with Crippen LogP contribution in [0.2, 0.25) is 0 Å². The van der Waals surface area contributed by atoms with Crippen molar-refractivity contribution in [3.63, 3.8) is 0 Å². The lowest BCUT2D eigenvalue weighted by atomic mass is 9.70. The number of para-hydroxylation sites is 1. The highest BCUT2D eigenvalue weighted by Gasteiger charge is 2.76. The maximum absolute atomic E-state index is 13.9. The van der Waals surface area contributed by atoms with Crippen molar-refractivity contribution in [3.05, 3.63) is 42.5 Å². The molecule has 8 heteroatoms. The quantitative estimate of drug-likeness (QED) is 0.648. The normalized spacial score (nSPS) is 36.1. The highest BCUT2D eigenvalue weighted by molar-refractivity contribution is 6.03. The zero-order valence-electron chi connectivity index (χ0n) is 20.2. The molecule has 3 saturated heterocycles. The highest BCUT2D eigenvalue weighted by atomic mass is 16.5. The van der Waals surface area contributed by atoms with Gasteiger partial charge in [-0.05, 0) is 52.7 Å². The van der Waals surface area contributed by atoms with Crippen molar-refractivity contribution in [2.45, 2.75) is 69.4 Å². The van der Waals surface area contributed by atoms with Crippen molar-refractivity contribution in [3.8, 4) is 0 Å². The summed E-state index contributed by atoms with van der Waals surface area (Å²) in [5, 5.41) is 5.98. The van der Waals surface area contributed by atoms with Gasteiger partial charge in [0.15, 0.2) is 0 Å². The molecule has 0 unspecified atom stereocenters. The van der Waals surface area contributed by atoms with Crippen LogP contribution in [0.25, 0.3) is 0 Å². The van der Waals surface area contributed by atoms with E-state index in [1.165, 1.54) is 0 Å². The number of nitrogens with one attached hydrogen (secondary N) is 2. The predicted octanol–water partition coefficient (Wildman–Crippen LogP) is 2.26. The zero-order valence-corrected chi connectivity index (χ0v) is 20.2. The van der Waals surface area contributed by atoms with Gasteiger partial charge >= 0.3 is 0 Å². The first-order chi connectivity index (χ1) is 16.0. The molecule has 6 atom stereocenters. The van der Waals surface area contributed by atoms with Crippen LogP contribution in [0.4, 0.5) is 5.69 Å². The number of hydrogen-bond acceptors (Lipinski definition) is 5. The summed E-state index contributed by atoms with van der Waals surface area (Å²) in [5.74, 6) is -2.34. The Labute approximate surface area is 200 Å². The van der Waals surface area contributed by atoms with Gasteiger partial charge in [-0.25, -0.2) is 0 Å². The topological polar surface area (TPSA) is 97.0 Å². The molecule has 4 aliphatic rings. The van der Waals surface area contributed by atoms with Gasteiger partial charge in [-0.3, -0.25) is 14.4 Å². The minimum Gasteiger partial charge on any atom is -0.376 e. The Morgan fingerprint density at radius 3 is 2.53 bits per heavy atom. The second kappa shape index (κ2) is 7.92. The van der Waals surface area contributed by atoms with Crippen LogP contribution in [-0.2, 0) is 23.9 Å². The van der Waals surface area contributed by atoms with Gasteiger partial charge in [0.1, 0.15) is 11.6 Å². The SMILES string of the molecule is CC(C)(C)NC(=O)[C@H]1N(C[C@@H]2CCCO2)C(=O)[C@@H]2[C@H](C(=O)Nc3ccccc3)[C@@]3(C)C=C[C@]21O3. The van der Waals surface area contributed by atoms with E-state index in [1.807, 2.05) is 58.0 Å². The van der Waals surface area contributed by atoms with E-state index in [4.69, 9.17) is 9.47 Å². The van der Waals surface area contributed by atoms with Crippen LogP contribution >= 0.6 is 0 Å². The van der Waals surface area contributed by atoms with Crippen molar-refractivity contribution >= 4 is 23.4 Å². The third kappa shape index (κ3) is 3.64. The van der Waals surface area contributed by atoms with Crippen LogP contribution in [0, 0.1) is 11.8 Å². The number of anilines is 1. The van der Waals surface area contributed by atoms with Gasteiger partial charge in [0, 0.05) is 24.4 Å². The Morgan fingerprint density at radius 2 is 1.88 bits per heavy atom. The van der Waals surface area contributed by atoms with Crippen molar-refractivity contribution < 1.29 is 23.9 Å². The Bertz CT molecular complexity index is 1030. The van der Waals surface area contributed by atoms with Crippen LogP contribution in [0.3, 0.4) is 0 Å². The molecule has 0 saturated carbocycles. The van der Waals surface area contributed by atoms with E-state index in [9.17, 15) is 14.4 Å². The number of carbonyl (C=O) groups excluding carboxylic acids is 3. The van der Waals surface area contributed by atoms with Crippen LogP contribution < -0.4 is 10.6 Å². The van der Waals surface area contributed by atoms with Crippen LogP contribution in [0.1, 0.15) is 40.5 Å². The summed E-state index contributed by atoms with van der Waals surface area (Å²) in [6.07, 6.45) is 5.32. The molecule has 0 radical (unpaired) electrons. The van der Waals surface area contributed by atoms with Crippen molar-refractivity contribution in [2.75, 3.05) is 18.5 Å². The van der Waals surface area contributed by atoms with E-state index in [0.717, 1.165) is 12.8 Å². The summed E-state index contributed by atoms with van der Waals surface area (Å²) >= 11 is 0. The molecule has 182 valence electrons. The fourth-order valence-corrected chi connectivity index (χ4v) is 6.01. The van der Waals surface area contributed by atoms with Gasteiger partial charge in [0.05, 0.1) is 23.5 Å². The molecular formula is C26H33N3O5. The van der Waals surface area contributed by atoms with Gasteiger partial charge in [-0.15, -0.1) is 0 Å². The molecule has 4 heterocycles. The van der Waals surface area contributed by atoms with E-state index in [2.05, 4.69) is 10.6 Å². The van der Waals surface area contributed by atoms with Crippen molar-refractivity contribution in [1.29, 1.82) is 0 Å². The first-order valence-electron chi connectivity index (χ1n) is 12.0. The van der Waals surface area contributed by atoms with Crippen LogP contribution in [0.15, 0.2) is 42.5 Å². The zero-order chi connectivity index (χ0) is 24.3. The number of fused-ring (bicyclic) bond motifs is 1. The standard InChI is InChI=1S/C26H33N3O5/c1-24(2,3)28-22(31)20-26-13-12-25(4,34-26)18(21(30)27-16-9-6-5-7-10-16)19(26)23(32)29(20)15-17-11-8-14-33-17/h5-7,9-10,12-13,17-20H,8,11,14-15H2,1-4H3,(H,27,30)(H,28,31)/t17-,18+,19-,20+,25+,26-/m0/s1. The first-order valence-corrected chi connectivity index (χ1v) is 12.0. The van der Waals surface area contributed by atoms with Gasteiger partial charge in [-0.1, -0.05) is 30.4 Å². The Balaban J connectivity index is 1.51. The summed E-state index contributed by atoms with van der Waals surface area (Å²) in [4.78, 5) is 42.7. The van der Waals surface area contributed by atoms with Gasteiger partial charge in [-0.2, -0.15) is 0 Å². The number of carbonyl (C=O) groups is 3. The summed E-state index contributed by atoms with van der Waals surface area (Å²) in [7, 11) is 0. The van der Waals surface area contributed by atoms with E-state index in [1.54, 1.807) is 17.0 Å². The number of ether oxygens (including phenoxy) is 2. The summed E-state index contributed by atoms with van der Waals surface area (Å²) in [6, 6.07) is 8.29. The monoisotopic (exact) mass is 467 g/mol. The summed E-state index contributed by atoms with van der Waals surface area (Å²) in [6.45, 7) is 8.49. The Hall–Kier alpha value is -2.71. The smallest absolute Gasteiger partial charge is 0.246 e. The van der Waals surface area contributed by atoms with Crippen LogP contribution in [-0.4, -0.2) is 64.7 Å². The summed E-state index contributed by atoms with van der Waals surface area (Å²) in [5.41, 5.74) is -2.01. The molecule has 1 aromatic rings. The highest BCUT2D eigenvalue weighted by Crippen LogP contribution is 2.60. The van der Waals surface area contributed by atoms with Crippen LogP contribution in [0.5, 0.6) is 0 Å². The molecule has 1 spiro atoms. The first kappa shape index (κ1) is 23.1. The number of amides is 3. The average molecular weight is 468 g/mol. The second-order valence-electron chi connectivity index (χ2n) is 11.1. The third-order valence-electron chi connectivity index (χ3n) is 7.29. The molecular weight excluding hydrogens is 434 g/mol. The lowest BCUT2D eigenvalue weighted by Gasteiger charge is -2.35. The Morgan fingerprint density at radius 1 is 1.15 bits per heavy atom. The minimum atomic E-state index is -1.20. The number of hydrogen-bond donors (Lipinski definition) is 2. The van der Waals surface area contributed by atoms with Gasteiger partial charge in [0.25, 0.3) is 0 Å². The third-order valence-corrected chi connectivity index (χ3v) is 7.29. The number of likely N-dealkylation sites (tertiary alicyclic amines) is 1. The number of rotatable bonds is 5. The van der Waals surface area contributed by atoms with Crippen molar-refractivity contribution in [2.24, 2.45) is 11.8 Å². The van der Waals surface area contributed by atoms with Gasteiger partial charge < -0.3 is 25.0 Å². The van der Waals surface area contributed by atoms with Crippen molar-refractivity contribution in [1.82, 2.24) is 10.2 Å². The Kier molecular flexibility index (Phi) is 5.37. The number of benzene rings is 1. The lowest BCUT2D eigenvalue weighted by molar-refractivity contribution is -0.146. The van der Waals surface area contributed by atoms with E-state index < -0.39 is 34.6 Å². The second-order valence-corrected chi connectivity index (χ2v) is 11.1. The molecule has 2 N–H and O–H groups in total. The summed E-state index contributed by atoms with van der Waals surface area (Å²) < 4.78 is 12.3. The van der Waals surface area contributed by atoms with E-state index in [-0.39, 0.29) is 23.8 Å². The minimum absolute atomic E-state index is 0.127. The van der Waals surface area contributed by atoms with Gasteiger partial charge in [0.2, 0.25) is 17.7 Å². The van der Waals surface area contributed by atoms with E-state index in [0.29, 0.717) is 18.8 Å². The largest absolute Gasteiger partial charge is 0.376 e. The molecule has 5 rings (SSSR count). The predicted molar refractivity (Wildman–Crippen MR) is 126 cm³/mol. The number of nitrogens with zero attached hydrogens (tertiary/aromatic N) is 1. The molecule has 8 nitrogen and oxygen atoms in total. The molecule has 34 heavy (non-hydrogen) atoms. The molecule has 2 bridgehead atoms. The lowest BCUT2D eigenvalue weighted by Crippen LogP contribution is -2.58. The molecule has 4 aliphatic heterocycles. The maximum Gasteiger partial charge on any atom is 0.246 e. The molecule has 3 amide bonds. The maximum atomic E-state index is 13.9. The fourth-order valence-electron chi connectivity index (χ4n) is 6.01.